The molecule has 0 saturated carbocycles. The molecule has 0 bridgehead atoms. The van der Waals surface area contributed by atoms with Gasteiger partial charge in [0.05, 0.1) is 0 Å². The molecule has 0 spiro atoms. The van der Waals surface area contributed by atoms with Gasteiger partial charge >= 0.3 is 0 Å². The van der Waals surface area contributed by atoms with Crippen LogP contribution >= 0.6 is 0 Å². The molecule has 3 N–H and O–H groups in total. The summed E-state index contributed by atoms with van der Waals surface area (Å²) in [5, 5.41) is 0. The molecule has 0 atom stereocenters. The quantitative estimate of drug-likeness (QED) is 0.572. The van der Waals surface area contributed by atoms with Gasteiger partial charge in [-0.15, -0.1) is 0 Å². The van der Waals surface area contributed by atoms with Gasteiger partial charge < -0.3 is 5.43 Å². The molecule has 0 aliphatic heterocycles. The van der Waals surface area contributed by atoms with E-state index in [4.69, 9.17) is 5.84 Å². The van der Waals surface area contributed by atoms with E-state index in [0.29, 0.717) is 5.82 Å². The third-order valence-electron chi connectivity index (χ3n) is 2.21. The highest BCUT2D eigenvalue weighted by molar-refractivity contribution is 5.66. The van der Waals surface area contributed by atoms with Gasteiger partial charge in [0, 0.05) is 29.2 Å². The predicted octanol–water partition coefficient (Wildman–Crippen LogP) is 1.74. The lowest BCUT2D eigenvalue weighted by Gasteiger charge is -2.06. The maximum atomic E-state index is 5.28. The second kappa shape index (κ2) is 4.06. The van der Waals surface area contributed by atoms with Crippen molar-refractivity contribution in [2.24, 2.45) is 5.84 Å². The van der Waals surface area contributed by atoms with Crippen molar-refractivity contribution in [1.82, 2.24) is 9.97 Å². The van der Waals surface area contributed by atoms with Crippen molar-refractivity contribution in [3.63, 3.8) is 0 Å². The number of pyridine rings is 2. The van der Waals surface area contributed by atoms with Crippen molar-refractivity contribution in [1.29, 1.82) is 0 Å². The summed E-state index contributed by atoms with van der Waals surface area (Å²) >= 11 is 0. The van der Waals surface area contributed by atoms with Gasteiger partial charge in [0.1, 0.15) is 5.82 Å². The van der Waals surface area contributed by atoms with Crippen molar-refractivity contribution in [3.8, 4) is 11.1 Å². The Bertz CT molecular complexity index is 453. The summed E-state index contributed by atoms with van der Waals surface area (Å²) in [5.41, 5.74) is 5.58. The number of aromatic nitrogens is 2. The molecule has 0 saturated heterocycles. The van der Waals surface area contributed by atoms with Crippen LogP contribution in [0.1, 0.15) is 5.69 Å². The first-order chi connectivity index (χ1) is 7.31. The van der Waals surface area contributed by atoms with Crippen LogP contribution in [0.3, 0.4) is 0 Å². The number of aryl methyl sites for hydroxylation is 1. The number of hydrogen-bond acceptors (Lipinski definition) is 4. The second-order valence-electron chi connectivity index (χ2n) is 3.22. The second-order valence-corrected chi connectivity index (χ2v) is 3.22. The number of nitrogen functional groups attached to an aromatic ring is 1. The normalized spacial score (nSPS) is 10.0. The van der Waals surface area contributed by atoms with E-state index in [2.05, 4.69) is 15.4 Å². The summed E-state index contributed by atoms with van der Waals surface area (Å²) in [7, 11) is 0. The molecule has 0 aliphatic rings. The largest absolute Gasteiger partial charge is 0.308 e. The fourth-order valence-electron chi connectivity index (χ4n) is 1.47. The zero-order chi connectivity index (χ0) is 10.7. The highest BCUT2D eigenvalue weighted by Gasteiger charge is 2.03. The smallest absolute Gasteiger partial charge is 0.140 e. The van der Waals surface area contributed by atoms with Crippen LogP contribution in [0.25, 0.3) is 11.1 Å². The standard InChI is InChI=1S/C11H12N4/c1-8-10(4-5-11(14-8)15-12)9-3-2-6-13-7-9/h2-7H,12H2,1H3,(H,14,15). The Morgan fingerprint density at radius 3 is 2.73 bits per heavy atom. The minimum Gasteiger partial charge on any atom is -0.308 e. The van der Waals surface area contributed by atoms with E-state index in [-0.39, 0.29) is 0 Å². The van der Waals surface area contributed by atoms with Crippen LogP contribution < -0.4 is 11.3 Å². The third-order valence-corrected chi connectivity index (χ3v) is 2.21. The van der Waals surface area contributed by atoms with Gasteiger partial charge in [0.15, 0.2) is 0 Å². The molecule has 4 nitrogen and oxygen atoms in total. The Kier molecular flexibility index (Phi) is 2.60. The van der Waals surface area contributed by atoms with Gasteiger partial charge in [-0.2, -0.15) is 0 Å². The minimum absolute atomic E-state index is 0.667. The Hall–Kier alpha value is -1.94. The molecule has 0 fully saturated rings. The molecule has 2 rings (SSSR count). The molecule has 0 amide bonds. The highest BCUT2D eigenvalue weighted by atomic mass is 15.2. The van der Waals surface area contributed by atoms with E-state index < -0.39 is 0 Å². The van der Waals surface area contributed by atoms with E-state index in [1.165, 1.54) is 0 Å². The number of rotatable bonds is 2. The topological polar surface area (TPSA) is 63.8 Å². The Balaban J connectivity index is 2.46. The number of nitrogens with one attached hydrogen (secondary N) is 1. The average molecular weight is 200 g/mol. The van der Waals surface area contributed by atoms with E-state index in [1.54, 1.807) is 6.20 Å². The summed E-state index contributed by atoms with van der Waals surface area (Å²) in [6.07, 6.45) is 3.57. The van der Waals surface area contributed by atoms with Gasteiger partial charge in [-0.05, 0) is 25.1 Å². The zero-order valence-electron chi connectivity index (χ0n) is 8.44. The van der Waals surface area contributed by atoms with Crippen LogP contribution in [-0.4, -0.2) is 9.97 Å². The van der Waals surface area contributed by atoms with Crippen molar-refractivity contribution in [2.45, 2.75) is 6.92 Å². The van der Waals surface area contributed by atoms with Crippen LogP contribution in [0.5, 0.6) is 0 Å². The fourth-order valence-corrected chi connectivity index (χ4v) is 1.47. The SMILES string of the molecule is Cc1nc(NN)ccc1-c1cccnc1. The molecule has 2 heterocycles. The fraction of sp³-hybridized carbons (Fsp3) is 0.0909. The van der Waals surface area contributed by atoms with Crippen molar-refractivity contribution in [2.75, 3.05) is 5.43 Å². The molecule has 4 heteroatoms. The molecule has 76 valence electrons. The first kappa shape index (κ1) is 9.61. The third kappa shape index (κ3) is 1.94. The minimum atomic E-state index is 0.667. The van der Waals surface area contributed by atoms with Crippen LogP contribution in [-0.2, 0) is 0 Å². The van der Waals surface area contributed by atoms with Crippen molar-refractivity contribution >= 4 is 5.82 Å². The molecule has 2 aromatic rings. The maximum Gasteiger partial charge on any atom is 0.140 e. The number of hydrogen-bond donors (Lipinski definition) is 2. The lowest BCUT2D eigenvalue weighted by molar-refractivity contribution is 1.16. The van der Waals surface area contributed by atoms with E-state index in [0.717, 1.165) is 16.8 Å². The van der Waals surface area contributed by atoms with Crippen LogP contribution in [0.2, 0.25) is 0 Å². The van der Waals surface area contributed by atoms with Gasteiger partial charge in [-0.25, -0.2) is 10.8 Å². The van der Waals surface area contributed by atoms with Gasteiger partial charge in [0.25, 0.3) is 0 Å². The number of anilines is 1. The lowest BCUT2D eigenvalue weighted by atomic mass is 10.1. The van der Waals surface area contributed by atoms with Crippen molar-refractivity contribution in [3.05, 3.63) is 42.4 Å². The summed E-state index contributed by atoms with van der Waals surface area (Å²) in [4.78, 5) is 8.38. The molecule has 0 aliphatic carbocycles. The van der Waals surface area contributed by atoms with Crippen LogP contribution in [0.15, 0.2) is 36.7 Å². The molecule has 0 aromatic carbocycles. The van der Waals surface area contributed by atoms with Crippen LogP contribution in [0.4, 0.5) is 5.82 Å². The van der Waals surface area contributed by atoms with E-state index >= 15 is 0 Å². The monoisotopic (exact) mass is 200 g/mol. The highest BCUT2D eigenvalue weighted by Crippen LogP contribution is 2.22. The Morgan fingerprint density at radius 1 is 1.27 bits per heavy atom. The lowest BCUT2D eigenvalue weighted by Crippen LogP contribution is -2.08. The number of nitrogens with two attached hydrogens (primary N) is 1. The first-order valence-electron chi connectivity index (χ1n) is 4.66. The molecular formula is C11H12N4. The predicted molar refractivity (Wildman–Crippen MR) is 60.0 cm³/mol. The zero-order valence-corrected chi connectivity index (χ0v) is 8.44. The Labute approximate surface area is 88.2 Å². The average Bonchev–Trinajstić information content (AvgIpc) is 2.30. The van der Waals surface area contributed by atoms with Gasteiger partial charge in [-0.3, -0.25) is 4.98 Å². The first-order valence-corrected chi connectivity index (χ1v) is 4.66. The van der Waals surface area contributed by atoms with Crippen molar-refractivity contribution < 1.29 is 0 Å². The summed E-state index contributed by atoms with van der Waals surface area (Å²) < 4.78 is 0. The molecule has 0 radical (unpaired) electrons. The molecule has 15 heavy (non-hydrogen) atoms. The van der Waals surface area contributed by atoms with Gasteiger partial charge in [0.2, 0.25) is 0 Å². The van der Waals surface area contributed by atoms with Gasteiger partial charge in [-0.1, -0.05) is 6.07 Å². The molecule has 0 unspecified atom stereocenters. The summed E-state index contributed by atoms with van der Waals surface area (Å²) in [5.74, 6) is 5.95. The number of hydrazine groups is 1. The van der Waals surface area contributed by atoms with E-state index in [9.17, 15) is 0 Å². The molecule has 2 aromatic heterocycles. The van der Waals surface area contributed by atoms with E-state index in [1.807, 2.05) is 37.4 Å². The Morgan fingerprint density at radius 2 is 2.13 bits per heavy atom. The summed E-state index contributed by atoms with van der Waals surface area (Å²) in [6, 6.07) is 7.74. The summed E-state index contributed by atoms with van der Waals surface area (Å²) in [6.45, 7) is 1.95. The maximum absolute atomic E-state index is 5.28. The van der Waals surface area contributed by atoms with Crippen LogP contribution in [0, 0.1) is 6.92 Å². The number of nitrogens with zero attached hydrogens (tertiary/aromatic N) is 2. The molecular weight excluding hydrogens is 188 g/mol.